The number of hydrogen-bond acceptors (Lipinski definition) is 4. The van der Waals surface area contributed by atoms with Crippen LogP contribution >= 0.6 is 28.1 Å². The van der Waals surface area contributed by atoms with Crippen molar-refractivity contribution in [1.82, 2.24) is 5.32 Å². The molecular formula is C16H15BrN2O3S. The summed E-state index contributed by atoms with van der Waals surface area (Å²) in [6.45, 7) is 0. The number of benzene rings is 2. The van der Waals surface area contributed by atoms with Crippen molar-refractivity contribution in [2.45, 2.75) is 0 Å². The number of nitrogens with one attached hydrogen (secondary N) is 2. The molecule has 0 aromatic heterocycles. The molecule has 23 heavy (non-hydrogen) atoms. The molecule has 120 valence electrons. The Morgan fingerprint density at radius 1 is 1.13 bits per heavy atom. The molecule has 2 aromatic carbocycles. The Hall–Kier alpha value is -2.12. The normalized spacial score (nSPS) is 9.87. The highest BCUT2D eigenvalue weighted by Gasteiger charge is 2.14. The molecule has 5 nitrogen and oxygen atoms in total. The summed E-state index contributed by atoms with van der Waals surface area (Å²) in [7, 11) is 3.09. The Bertz CT molecular complexity index is 737. The van der Waals surface area contributed by atoms with Crippen LogP contribution in [-0.4, -0.2) is 25.2 Å². The van der Waals surface area contributed by atoms with Gasteiger partial charge in [-0.25, -0.2) is 0 Å². The van der Waals surface area contributed by atoms with Gasteiger partial charge in [0.2, 0.25) is 0 Å². The van der Waals surface area contributed by atoms with Crippen LogP contribution in [0.15, 0.2) is 46.9 Å². The second kappa shape index (κ2) is 7.94. The Morgan fingerprint density at radius 3 is 2.61 bits per heavy atom. The lowest BCUT2D eigenvalue weighted by molar-refractivity contribution is 0.0974. The van der Waals surface area contributed by atoms with Gasteiger partial charge in [0.15, 0.2) is 5.11 Å². The third-order valence-corrected chi connectivity index (χ3v) is 3.66. The quantitative estimate of drug-likeness (QED) is 0.775. The van der Waals surface area contributed by atoms with Crippen LogP contribution in [0.4, 0.5) is 5.69 Å². The van der Waals surface area contributed by atoms with Gasteiger partial charge >= 0.3 is 0 Å². The third kappa shape index (κ3) is 4.67. The van der Waals surface area contributed by atoms with Gasteiger partial charge in [-0.3, -0.25) is 10.1 Å². The van der Waals surface area contributed by atoms with Crippen molar-refractivity contribution >= 4 is 44.9 Å². The Morgan fingerprint density at radius 2 is 1.91 bits per heavy atom. The van der Waals surface area contributed by atoms with E-state index in [0.29, 0.717) is 17.1 Å². The van der Waals surface area contributed by atoms with E-state index in [0.717, 1.165) is 10.2 Å². The summed E-state index contributed by atoms with van der Waals surface area (Å²) in [5, 5.41) is 5.75. The number of ether oxygens (including phenoxy) is 2. The first-order valence-corrected chi connectivity index (χ1v) is 7.83. The van der Waals surface area contributed by atoms with Gasteiger partial charge in [0.05, 0.1) is 19.8 Å². The van der Waals surface area contributed by atoms with Gasteiger partial charge < -0.3 is 14.8 Å². The number of anilines is 1. The van der Waals surface area contributed by atoms with Crippen LogP contribution in [0.1, 0.15) is 10.4 Å². The topological polar surface area (TPSA) is 59.6 Å². The van der Waals surface area contributed by atoms with E-state index < -0.39 is 0 Å². The zero-order chi connectivity index (χ0) is 16.8. The molecule has 0 aliphatic rings. The minimum atomic E-state index is -0.358. The monoisotopic (exact) mass is 394 g/mol. The summed E-state index contributed by atoms with van der Waals surface area (Å²) < 4.78 is 11.1. The number of halogens is 1. The first-order chi connectivity index (χ1) is 11.0. The highest BCUT2D eigenvalue weighted by Crippen LogP contribution is 2.23. The minimum absolute atomic E-state index is 0.185. The van der Waals surface area contributed by atoms with E-state index in [9.17, 15) is 4.79 Å². The Kier molecular flexibility index (Phi) is 5.95. The molecule has 2 aromatic rings. The van der Waals surface area contributed by atoms with E-state index in [1.165, 1.54) is 7.11 Å². The third-order valence-electron chi connectivity index (χ3n) is 2.96. The second-order valence-corrected chi connectivity index (χ2v) is 5.81. The van der Waals surface area contributed by atoms with Crippen LogP contribution in [0.5, 0.6) is 11.5 Å². The van der Waals surface area contributed by atoms with Crippen molar-refractivity contribution in [2.75, 3.05) is 19.5 Å². The highest BCUT2D eigenvalue weighted by atomic mass is 79.9. The summed E-state index contributed by atoms with van der Waals surface area (Å²) in [5.41, 5.74) is 1.10. The molecule has 0 fully saturated rings. The largest absolute Gasteiger partial charge is 0.497 e. The average molecular weight is 395 g/mol. The van der Waals surface area contributed by atoms with E-state index in [2.05, 4.69) is 26.6 Å². The first-order valence-electron chi connectivity index (χ1n) is 6.63. The lowest BCUT2D eigenvalue weighted by atomic mass is 10.2. The minimum Gasteiger partial charge on any atom is -0.497 e. The molecule has 0 saturated heterocycles. The zero-order valence-electron chi connectivity index (χ0n) is 12.6. The number of methoxy groups -OCH3 is 2. The summed E-state index contributed by atoms with van der Waals surface area (Å²) >= 11 is 8.50. The van der Waals surface area contributed by atoms with Gasteiger partial charge in [-0.1, -0.05) is 22.0 Å². The molecule has 0 saturated carbocycles. The molecular weight excluding hydrogens is 380 g/mol. The molecule has 2 N–H and O–H groups in total. The maximum absolute atomic E-state index is 12.3. The van der Waals surface area contributed by atoms with Crippen molar-refractivity contribution < 1.29 is 14.3 Å². The van der Waals surface area contributed by atoms with Gasteiger partial charge in [-0.2, -0.15) is 0 Å². The van der Waals surface area contributed by atoms with Gasteiger partial charge in [0, 0.05) is 16.2 Å². The highest BCUT2D eigenvalue weighted by molar-refractivity contribution is 9.10. The van der Waals surface area contributed by atoms with Crippen LogP contribution in [0, 0.1) is 0 Å². The van der Waals surface area contributed by atoms with Crippen molar-refractivity contribution in [2.24, 2.45) is 0 Å². The van der Waals surface area contributed by atoms with Crippen LogP contribution < -0.4 is 20.1 Å². The lowest BCUT2D eigenvalue weighted by Gasteiger charge is -2.12. The fraction of sp³-hybridized carbons (Fsp3) is 0.125. The fourth-order valence-corrected chi connectivity index (χ4v) is 2.46. The molecule has 7 heteroatoms. The number of amides is 1. The standard InChI is InChI=1S/C16H15BrN2O3S/c1-21-12-5-3-4-11(9-12)18-16(23)19-15(20)13-8-10(17)6-7-14(13)22-2/h3-9H,1-2H3,(H2,18,19,20,23). The van der Waals surface area contributed by atoms with Crippen LogP contribution in [0.2, 0.25) is 0 Å². The van der Waals surface area contributed by atoms with Gasteiger partial charge in [0.1, 0.15) is 11.5 Å². The second-order valence-electron chi connectivity index (χ2n) is 4.48. The average Bonchev–Trinajstić information content (AvgIpc) is 2.54. The zero-order valence-corrected chi connectivity index (χ0v) is 15.0. The summed E-state index contributed by atoms with van der Waals surface area (Å²) in [6, 6.07) is 12.4. The molecule has 0 radical (unpaired) electrons. The number of thiocarbonyl (C=S) groups is 1. The van der Waals surface area contributed by atoms with Crippen molar-refractivity contribution in [3.8, 4) is 11.5 Å². The van der Waals surface area contributed by atoms with Gasteiger partial charge in [-0.05, 0) is 42.5 Å². The molecule has 0 spiro atoms. The van der Waals surface area contributed by atoms with Gasteiger partial charge in [0.25, 0.3) is 5.91 Å². The lowest BCUT2D eigenvalue weighted by Crippen LogP contribution is -2.34. The van der Waals surface area contributed by atoms with Crippen LogP contribution in [0.3, 0.4) is 0 Å². The number of carbonyl (C=O) groups is 1. The Balaban J connectivity index is 2.08. The Labute approximate surface area is 148 Å². The summed E-state index contributed by atoms with van der Waals surface area (Å²) in [5.74, 6) is 0.802. The molecule has 1 amide bonds. The summed E-state index contributed by atoms with van der Waals surface area (Å²) in [6.07, 6.45) is 0. The number of carbonyl (C=O) groups excluding carboxylic acids is 1. The smallest absolute Gasteiger partial charge is 0.261 e. The predicted molar refractivity (Wildman–Crippen MR) is 97.4 cm³/mol. The van der Waals surface area contributed by atoms with Gasteiger partial charge in [-0.15, -0.1) is 0 Å². The predicted octanol–water partition coefficient (Wildman–Crippen LogP) is 3.59. The fourth-order valence-electron chi connectivity index (χ4n) is 1.89. The summed E-state index contributed by atoms with van der Waals surface area (Å²) in [4.78, 5) is 12.3. The molecule has 0 atom stereocenters. The molecule has 2 rings (SSSR count). The van der Waals surface area contributed by atoms with E-state index in [1.54, 1.807) is 31.4 Å². The van der Waals surface area contributed by atoms with Crippen LogP contribution in [-0.2, 0) is 0 Å². The van der Waals surface area contributed by atoms with E-state index in [1.807, 2.05) is 18.2 Å². The van der Waals surface area contributed by atoms with Crippen molar-refractivity contribution in [3.63, 3.8) is 0 Å². The maximum Gasteiger partial charge on any atom is 0.261 e. The van der Waals surface area contributed by atoms with Crippen molar-refractivity contribution in [1.29, 1.82) is 0 Å². The molecule has 0 unspecified atom stereocenters. The van der Waals surface area contributed by atoms with Crippen molar-refractivity contribution in [3.05, 3.63) is 52.5 Å². The molecule has 0 aliphatic carbocycles. The van der Waals surface area contributed by atoms with E-state index in [-0.39, 0.29) is 11.0 Å². The first kappa shape index (κ1) is 17.2. The SMILES string of the molecule is COc1cccc(NC(=S)NC(=O)c2cc(Br)ccc2OC)c1. The maximum atomic E-state index is 12.3. The molecule has 0 heterocycles. The van der Waals surface area contributed by atoms with Crippen LogP contribution in [0.25, 0.3) is 0 Å². The van der Waals surface area contributed by atoms with E-state index in [4.69, 9.17) is 21.7 Å². The van der Waals surface area contributed by atoms with E-state index >= 15 is 0 Å². The number of rotatable bonds is 4. The number of hydrogen-bond donors (Lipinski definition) is 2. The molecule has 0 bridgehead atoms. The molecule has 0 aliphatic heterocycles.